The van der Waals surface area contributed by atoms with E-state index in [1.54, 1.807) is 16.9 Å². The van der Waals surface area contributed by atoms with Crippen LogP contribution in [0.25, 0.3) is 16.9 Å². The summed E-state index contributed by atoms with van der Waals surface area (Å²) in [6.45, 7) is 3.23. The number of carbonyl (C=O) groups excluding carboxylic acids is 2. The molecule has 1 unspecified atom stereocenters. The molecule has 1 aromatic carbocycles. The Balaban J connectivity index is 1.34. The summed E-state index contributed by atoms with van der Waals surface area (Å²) < 4.78 is 16.4. The third-order valence-electron chi connectivity index (χ3n) is 7.21. The lowest BCUT2D eigenvalue weighted by atomic mass is 10.0. The highest BCUT2D eigenvalue weighted by atomic mass is 19.1. The summed E-state index contributed by atoms with van der Waals surface area (Å²) >= 11 is 0. The van der Waals surface area contributed by atoms with E-state index in [1.807, 2.05) is 17.0 Å². The first-order chi connectivity index (χ1) is 17.5. The molecule has 2 fully saturated rings. The highest BCUT2D eigenvalue weighted by Gasteiger charge is 2.34. The molecule has 3 aromatic rings. The van der Waals surface area contributed by atoms with Crippen LogP contribution in [0.15, 0.2) is 36.5 Å². The van der Waals surface area contributed by atoms with Gasteiger partial charge in [0.1, 0.15) is 5.82 Å². The van der Waals surface area contributed by atoms with Gasteiger partial charge in [-0.15, -0.1) is 0 Å². The predicted molar refractivity (Wildman–Crippen MR) is 129 cm³/mol. The molecule has 36 heavy (non-hydrogen) atoms. The molecule has 2 saturated heterocycles. The molecule has 2 amide bonds. The number of nitrogens with one attached hydrogen (secondary N) is 1. The molecule has 0 bridgehead atoms. The summed E-state index contributed by atoms with van der Waals surface area (Å²) in [7, 11) is 0. The molecule has 5 heterocycles. The van der Waals surface area contributed by atoms with Gasteiger partial charge < -0.3 is 15.1 Å². The van der Waals surface area contributed by atoms with Gasteiger partial charge >= 0.3 is 0 Å². The predicted octanol–water partition coefficient (Wildman–Crippen LogP) is 2.64. The quantitative estimate of drug-likeness (QED) is 0.609. The smallest absolute Gasteiger partial charge is 0.255 e. The normalized spacial score (nSPS) is 18.9. The van der Waals surface area contributed by atoms with Crippen LogP contribution in [0.5, 0.6) is 0 Å². The van der Waals surface area contributed by atoms with Crippen LogP contribution in [-0.4, -0.2) is 57.7 Å². The second-order valence-corrected chi connectivity index (χ2v) is 9.39. The summed E-state index contributed by atoms with van der Waals surface area (Å²) in [6.07, 6.45) is 4.68. The van der Waals surface area contributed by atoms with E-state index in [4.69, 9.17) is 5.10 Å². The fourth-order valence-corrected chi connectivity index (χ4v) is 5.38. The molecule has 1 atom stereocenters. The van der Waals surface area contributed by atoms with Gasteiger partial charge in [0.2, 0.25) is 5.91 Å². The van der Waals surface area contributed by atoms with Crippen LogP contribution in [0.4, 0.5) is 10.2 Å². The van der Waals surface area contributed by atoms with Crippen LogP contribution in [0, 0.1) is 23.1 Å². The lowest BCUT2D eigenvalue weighted by Gasteiger charge is -2.20. The maximum absolute atomic E-state index is 14.8. The van der Waals surface area contributed by atoms with Crippen molar-refractivity contribution in [3.8, 4) is 23.0 Å². The summed E-state index contributed by atoms with van der Waals surface area (Å²) in [4.78, 5) is 34.0. The van der Waals surface area contributed by atoms with Crippen molar-refractivity contribution in [2.45, 2.75) is 25.8 Å². The van der Waals surface area contributed by atoms with E-state index in [0.29, 0.717) is 29.3 Å². The number of hydrogen-bond donors (Lipinski definition) is 1. The monoisotopic (exact) mass is 485 g/mol. The van der Waals surface area contributed by atoms with Gasteiger partial charge in [-0.25, -0.2) is 14.1 Å². The Kier molecular flexibility index (Phi) is 5.40. The zero-order valence-corrected chi connectivity index (χ0v) is 19.6. The molecule has 3 aliphatic rings. The highest BCUT2D eigenvalue weighted by molar-refractivity contribution is 6.01. The van der Waals surface area contributed by atoms with Crippen molar-refractivity contribution < 1.29 is 14.0 Å². The van der Waals surface area contributed by atoms with Crippen LogP contribution in [0.2, 0.25) is 0 Å². The second kappa shape index (κ2) is 8.75. The van der Waals surface area contributed by atoms with Crippen molar-refractivity contribution in [2.24, 2.45) is 5.92 Å². The molecular formula is C26H24FN7O2. The molecule has 9 nitrogen and oxygen atoms in total. The van der Waals surface area contributed by atoms with Gasteiger partial charge in [0, 0.05) is 38.4 Å². The average Bonchev–Trinajstić information content (AvgIpc) is 3.70. The molecule has 0 saturated carbocycles. The van der Waals surface area contributed by atoms with Crippen LogP contribution >= 0.6 is 0 Å². The molecule has 0 aliphatic carbocycles. The molecule has 2 aromatic heterocycles. The Labute approximate surface area is 207 Å². The fraction of sp³-hybridized carbons (Fsp3) is 0.346. The number of hydrogen-bond acceptors (Lipinski definition) is 6. The Morgan fingerprint density at radius 3 is 2.81 bits per heavy atom. The number of pyridine rings is 1. The SMILES string of the molecule is N#Cc1cccc(F)c1-c1cc(-n2ccc(N3CCC(C(=O)N4CCCC4)C3)n2)c2c(n1)CNC2=O. The van der Waals surface area contributed by atoms with E-state index in [0.717, 1.165) is 38.9 Å². The first-order valence-corrected chi connectivity index (χ1v) is 12.1. The highest BCUT2D eigenvalue weighted by Crippen LogP contribution is 2.32. The minimum atomic E-state index is -0.559. The Morgan fingerprint density at radius 1 is 1.17 bits per heavy atom. The largest absolute Gasteiger partial charge is 0.354 e. The third-order valence-corrected chi connectivity index (χ3v) is 7.21. The van der Waals surface area contributed by atoms with E-state index < -0.39 is 5.82 Å². The standard InChI is InChI=1S/C26H24FN7O2/c27-18-5-3-4-16(13-28)23(18)19-12-21(24-20(30-19)14-29-25(24)35)34-11-7-22(31-34)33-10-6-17(15-33)26(36)32-8-1-2-9-32/h3-5,7,11-12,17H,1-2,6,8-10,14-15H2,(H,29,35). The zero-order valence-electron chi connectivity index (χ0n) is 19.6. The van der Waals surface area contributed by atoms with Crippen molar-refractivity contribution >= 4 is 17.6 Å². The summed E-state index contributed by atoms with van der Waals surface area (Å²) in [5.41, 5.74) is 1.86. The van der Waals surface area contributed by atoms with E-state index in [1.165, 1.54) is 18.2 Å². The Hall–Kier alpha value is -4.26. The van der Waals surface area contributed by atoms with Gasteiger partial charge in [-0.3, -0.25) is 9.59 Å². The molecule has 182 valence electrons. The van der Waals surface area contributed by atoms with Gasteiger partial charge in [-0.2, -0.15) is 10.4 Å². The van der Waals surface area contributed by atoms with Gasteiger partial charge in [-0.1, -0.05) is 6.07 Å². The van der Waals surface area contributed by atoms with Crippen molar-refractivity contribution in [1.29, 1.82) is 5.26 Å². The first-order valence-electron chi connectivity index (χ1n) is 12.1. The number of aromatic nitrogens is 3. The lowest BCUT2D eigenvalue weighted by molar-refractivity contribution is -0.133. The van der Waals surface area contributed by atoms with Gasteiger partial charge in [0.25, 0.3) is 5.91 Å². The second-order valence-electron chi connectivity index (χ2n) is 9.39. The topological polar surface area (TPSA) is 107 Å². The number of halogens is 1. The number of nitrogens with zero attached hydrogens (tertiary/aromatic N) is 6. The first kappa shape index (κ1) is 22.2. The number of amides is 2. The van der Waals surface area contributed by atoms with E-state index >= 15 is 0 Å². The van der Waals surface area contributed by atoms with Gasteiger partial charge in [0.05, 0.1) is 52.3 Å². The van der Waals surface area contributed by atoms with E-state index in [9.17, 15) is 19.2 Å². The van der Waals surface area contributed by atoms with Crippen LogP contribution in [0.1, 0.15) is 40.9 Å². The lowest BCUT2D eigenvalue weighted by Crippen LogP contribution is -2.35. The maximum Gasteiger partial charge on any atom is 0.255 e. The number of rotatable bonds is 4. The molecule has 0 spiro atoms. The molecule has 3 aliphatic heterocycles. The van der Waals surface area contributed by atoms with Crippen LogP contribution < -0.4 is 10.2 Å². The number of nitriles is 1. The van der Waals surface area contributed by atoms with Gasteiger partial charge in [-0.05, 0) is 37.5 Å². The van der Waals surface area contributed by atoms with Gasteiger partial charge in [0.15, 0.2) is 5.82 Å². The maximum atomic E-state index is 14.8. The van der Waals surface area contributed by atoms with Crippen molar-refractivity contribution in [2.75, 3.05) is 31.1 Å². The van der Waals surface area contributed by atoms with Crippen molar-refractivity contribution in [3.63, 3.8) is 0 Å². The van der Waals surface area contributed by atoms with Crippen molar-refractivity contribution in [1.82, 2.24) is 25.0 Å². The Morgan fingerprint density at radius 2 is 2.00 bits per heavy atom. The minimum Gasteiger partial charge on any atom is -0.354 e. The average molecular weight is 486 g/mol. The number of anilines is 1. The zero-order chi connectivity index (χ0) is 24.8. The molecule has 0 radical (unpaired) electrons. The molecule has 1 N–H and O–H groups in total. The number of fused-ring (bicyclic) bond motifs is 1. The summed E-state index contributed by atoms with van der Waals surface area (Å²) in [5.74, 6) is 0.0576. The van der Waals surface area contributed by atoms with Crippen LogP contribution in [0.3, 0.4) is 0 Å². The van der Waals surface area contributed by atoms with E-state index in [2.05, 4.69) is 15.2 Å². The Bertz CT molecular complexity index is 1420. The van der Waals surface area contributed by atoms with E-state index in [-0.39, 0.29) is 41.1 Å². The molecule has 10 heteroatoms. The van der Waals surface area contributed by atoms with Crippen LogP contribution in [-0.2, 0) is 11.3 Å². The minimum absolute atomic E-state index is 0.0405. The third kappa shape index (κ3) is 3.68. The number of benzene rings is 1. The molecular weight excluding hydrogens is 461 g/mol. The number of likely N-dealkylation sites (tertiary alicyclic amines) is 1. The number of carbonyl (C=O) groups is 2. The fourth-order valence-electron chi connectivity index (χ4n) is 5.38. The van der Waals surface area contributed by atoms with Crippen molar-refractivity contribution in [3.05, 3.63) is 59.2 Å². The molecule has 6 rings (SSSR count). The summed E-state index contributed by atoms with van der Waals surface area (Å²) in [6, 6.07) is 9.78. The summed E-state index contributed by atoms with van der Waals surface area (Å²) in [5, 5.41) is 17.0.